The first-order chi connectivity index (χ1) is 12.4. The van der Waals surface area contributed by atoms with Gasteiger partial charge in [-0.2, -0.15) is 0 Å². The Morgan fingerprint density at radius 2 is 1.81 bits per heavy atom. The van der Waals surface area contributed by atoms with Crippen LogP contribution in [0.25, 0.3) is 0 Å². The van der Waals surface area contributed by atoms with Crippen molar-refractivity contribution in [1.82, 2.24) is 5.32 Å². The van der Waals surface area contributed by atoms with Crippen molar-refractivity contribution in [1.29, 1.82) is 0 Å². The summed E-state index contributed by atoms with van der Waals surface area (Å²) in [5.41, 5.74) is 0.852. The highest BCUT2D eigenvalue weighted by molar-refractivity contribution is 6.55. The fourth-order valence-electron chi connectivity index (χ4n) is 3.27. The number of allylic oxidation sites excluding steroid dienone is 1. The van der Waals surface area contributed by atoms with Gasteiger partial charge in [0, 0.05) is 6.54 Å². The van der Waals surface area contributed by atoms with Gasteiger partial charge < -0.3 is 10.1 Å². The van der Waals surface area contributed by atoms with Gasteiger partial charge in [0.15, 0.2) is 0 Å². The van der Waals surface area contributed by atoms with Crippen LogP contribution >= 0.6 is 23.2 Å². The zero-order chi connectivity index (χ0) is 18.7. The van der Waals surface area contributed by atoms with E-state index in [-0.39, 0.29) is 27.6 Å². The average Bonchev–Trinajstić information content (AvgIpc) is 3.13. The van der Waals surface area contributed by atoms with Gasteiger partial charge in [0.2, 0.25) is 5.91 Å². The topological polar surface area (TPSA) is 38.3 Å². The number of carbonyl (C=O) groups is 1. The number of carbonyl (C=O) groups excluding carboxylic acids is 1. The molecule has 2 atom stereocenters. The number of rotatable bonds is 6. The van der Waals surface area contributed by atoms with Gasteiger partial charge in [-0.3, -0.25) is 4.79 Å². The third-order valence-electron chi connectivity index (χ3n) is 4.84. The number of amides is 1. The molecule has 1 N–H and O–H groups in total. The van der Waals surface area contributed by atoms with E-state index in [2.05, 4.69) is 5.32 Å². The maximum Gasteiger partial charge on any atom is 0.224 e. The lowest BCUT2D eigenvalue weighted by atomic mass is 10.1. The Bertz CT molecular complexity index is 814. The van der Waals surface area contributed by atoms with E-state index in [1.807, 2.05) is 68.4 Å². The number of para-hydroxylation sites is 1. The van der Waals surface area contributed by atoms with Gasteiger partial charge in [-0.25, -0.2) is 0 Å². The summed E-state index contributed by atoms with van der Waals surface area (Å²) in [5, 5.41) is 3.00. The minimum Gasteiger partial charge on any atom is -0.457 e. The lowest BCUT2D eigenvalue weighted by Crippen LogP contribution is -2.26. The molecule has 0 unspecified atom stereocenters. The van der Waals surface area contributed by atoms with E-state index in [1.54, 1.807) is 6.08 Å². The second-order valence-corrected chi connectivity index (χ2v) is 8.07. The molecular formula is C21H21Cl2NO2. The molecule has 0 bridgehead atoms. The summed E-state index contributed by atoms with van der Waals surface area (Å²) in [7, 11) is 0. The van der Waals surface area contributed by atoms with Crippen LogP contribution in [-0.2, 0) is 11.3 Å². The second-order valence-electron chi connectivity index (χ2n) is 7.06. The summed E-state index contributed by atoms with van der Waals surface area (Å²) in [5.74, 6) is 1.49. The summed E-state index contributed by atoms with van der Waals surface area (Å²) >= 11 is 11.5. The van der Waals surface area contributed by atoms with Gasteiger partial charge in [-0.05, 0) is 47.2 Å². The molecule has 0 aliphatic heterocycles. The van der Waals surface area contributed by atoms with Crippen LogP contribution < -0.4 is 10.1 Å². The molecule has 1 aliphatic rings. The van der Waals surface area contributed by atoms with E-state index in [9.17, 15) is 4.79 Å². The Hall–Kier alpha value is -1.97. The van der Waals surface area contributed by atoms with Crippen LogP contribution in [0.2, 0.25) is 0 Å². The van der Waals surface area contributed by atoms with Gasteiger partial charge in [0.25, 0.3) is 0 Å². The van der Waals surface area contributed by atoms with Crippen molar-refractivity contribution in [2.75, 3.05) is 0 Å². The fourth-order valence-corrected chi connectivity index (χ4v) is 3.54. The lowest BCUT2D eigenvalue weighted by molar-refractivity contribution is -0.123. The minimum absolute atomic E-state index is 0.0141. The molecule has 1 aliphatic carbocycles. The molecule has 2 aromatic rings. The van der Waals surface area contributed by atoms with Crippen molar-refractivity contribution >= 4 is 29.1 Å². The molecule has 3 rings (SSSR count). The van der Waals surface area contributed by atoms with E-state index in [4.69, 9.17) is 27.9 Å². The third-order valence-corrected chi connectivity index (χ3v) is 5.09. The van der Waals surface area contributed by atoms with Crippen molar-refractivity contribution in [3.8, 4) is 11.5 Å². The Kier molecular flexibility index (Phi) is 5.59. The molecule has 0 heterocycles. The van der Waals surface area contributed by atoms with E-state index < -0.39 is 0 Å². The molecule has 136 valence electrons. The van der Waals surface area contributed by atoms with Crippen LogP contribution in [0.15, 0.2) is 65.2 Å². The van der Waals surface area contributed by atoms with Crippen LogP contribution in [0, 0.1) is 17.3 Å². The van der Waals surface area contributed by atoms with Crippen molar-refractivity contribution in [2.24, 2.45) is 17.3 Å². The number of benzene rings is 2. The number of halogens is 2. The molecule has 2 aromatic carbocycles. The van der Waals surface area contributed by atoms with Gasteiger partial charge in [-0.1, -0.05) is 67.4 Å². The molecular weight excluding hydrogens is 369 g/mol. The Morgan fingerprint density at radius 1 is 1.12 bits per heavy atom. The number of hydrogen-bond acceptors (Lipinski definition) is 2. The molecule has 0 spiro atoms. The highest BCUT2D eigenvalue weighted by Crippen LogP contribution is 2.59. The van der Waals surface area contributed by atoms with E-state index >= 15 is 0 Å². The molecule has 0 radical (unpaired) electrons. The van der Waals surface area contributed by atoms with Crippen LogP contribution in [0.5, 0.6) is 11.5 Å². The van der Waals surface area contributed by atoms with Gasteiger partial charge in [0.05, 0.1) is 5.92 Å². The van der Waals surface area contributed by atoms with E-state index in [0.29, 0.717) is 6.54 Å². The molecule has 1 fully saturated rings. The Balaban J connectivity index is 1.59. The number of nitrogens with one attached hydrogen (secondary N) is 1. The highest BCUT2D eigenvalue weighted by Gasteiger charge is 2.60. The maximum absolute atomic E-state index is 12.5. The molecule has 26 heavy (non-hydrogen) atoms. The van der Waals surface area contributed by atoms with Crippen LogP contribution in [0.3, 0.4) is 0 Å². The van der Waals surface area contributed by atoms with Crippen molar-refractivity contribution in [3.63, 3.8) is 0 Å². The summed E-state index contributed by atoms with van der Waals surface area (Å²) in [6.45, 7) is 4.54. The van der Waals surface area contributed by atoms with Gasteiger partial charge >= 0.3 is 0 Å². The molecule has 0 aromatic heterocycles. The fraction of sp³-hybridized carbons (Fsp3) is 0.286. The first kappa shape index (κ1) is 18.8. The Morgan fingerprint density at radius 3 is 2.50 bits per heavy atom. The summed E-state index contributed by atoms with van der Waals surface area (Å²) in [6, 6.07) is 17.3. The summed E-state index contributed by atoms with van der Waals surface area (Å²) < 4.78 is 6.04. The summed E-state index contributed by atoms with van der Waals surface area (Å²) in [6.07, 6.45) is 1.75. The highest BCUT2D eigenvalue weighted by atomic mass is 35.5. The van der Waals surface area contributed by atoms with E-state index in [1.165, 1.54) is 0 Å². The monoisotopic (exact) mass is 389 g/mol. The smallest absolute Gasteiger partial charge is 0.224 e. The van der Waals surface area contributed by atoms with Gasteiger partial charge in [0.1, 0.15) is 16.0 Å². The Labute approximate surface area is 164 Å². The standard InChI is InChI=1S/C21H21Cl2NO2/c1-21(2)17(12-18(22)23)19(21)20(25)24-13-14-7-6-10-16(11-14)26-15-8-4-3-5-9-15/h3-12,17,19H,13H2,1-2H3,(H,24,25)/t17-,19-/m0/s1. The van der Waals surface area contributed by atoms with Crippen molar-refractivity contribution in [2.45, 2.75) is 20.4 Å². The van der Waals surface area contributed by atoms with Crippen LogP contribution in [0.4, 0.5) is 0 Å². The molecule has 1 saturated carbocycles. The van der Waals surface area contributed by atoms with Crippen LogP contribution in [-0.4, -0.2) is 5.91 Å². The predicted molar refractivity (Wildman–Crippen MR) is 105 cm³/mol. The SMILES string of the molecule is CC1(C)[C@H](C(=O)NCc2cccc(Oc3ccccc3)c2)[C@@H]1C=C(Cl)Cl. The number of ether oxygens (including phenoxy) is 1. The predicted octanol–water partition coefficient (Wildman–Crippen LogP) is 5.69. The second kappa shape index (κ2) is 7.73. The first-order valence-electron chi connectivity index (χ1n) is 8.50. The maximum atomic E-state index is 12.5. The first-order valence-corrected chi connectivity index (χ1v) is 9.26. The molecule has 3 nitrogen and oxygen atoms in total. The van der Waals surface area contributed by atoms with Crippen molar-refractivity contribution < 1.29 is 9.53 Å². The zero-order valence-electron chi connectivity index (χ0n) is 14.7. The quantitative estimate of drug-likeness (QED) is 0.689. The average molecular weight is 390 g/mol. The molecule has 0 saturated heterocycles. The summed E-state index contributed by atoms with van der Waals surface area (Å²) in [4.78, 5) is 12.5. The van der Waals surface area contributed by atoms with Gasteiger partial charge in [-0.15, -0.1) is 0 Å². The molecule has 5 heteroatoms. The van der Waals surface area contributed by atoms with E-state index in [0.717, 1.165) is 17.1 Å². The normalized spacial score (nSPS) is 20.2. The van der Waals surface area contributed by atoms with Crippen molar-refractivity contribution in [3.05, 3.63) is 70.7 Å². The van der Waals surface area contributed by atoms with Crippen LogP contribution in [0.1, 0.15) is 19.4 Å². The minimum atomic E-state index is -0.128. The number of hydrogen-bond donors (Lipinski definition) is 1. The largest absolute Gasteiger partial charge is 0.457 e. The zero-order valence-corrected chi connectivity index (χ0v) is 16.2. The molecule has 1 amide bonds. The lowest BCUT2D eigenvalue weighted by Gasteiger charge is -2.09. The third kappa shape index (κ3) is 4.40.